The first-order valence-electron chi connectivity index (χ1n) is 9.71. The Bertz CT molecular complexity index is 987. The van der Waals surface area contributed by atoms with Crippen LogP contribution in [0.5, 0.6) is 0 Å². The van der Waals surface area contributed by atoms with E-state index in [9.17, 15) is 13.2 Å². The van der Waals surface area contributed by atoms with Crippen molar-refractivity contribution < 1.29 is 13.2 Å². The Hall–Kier alpha value is -2.06. The molecule has 0 fully saturated rings. The fourth-order valence-electron chi connectivity index (χ4n) is 3.21. The molecule has 3 rings (SSSR count). The largest absolute Gasteiger partial charge is 0.418 e. The highest BCUT2D eigenvalue weighted by Crippen LogP contribution is 2.40. The molecule has 1 aliphatic heterocycles. The lowest BCUT2D eigenvalue weighted by atomic mass is 10.0. The van der Waals surface area contributed by atoms with Crippen LogP contribution in [0.1, 0.15) is 29.3 Å². The van der Waals surface area contributed by atoms with E-state index >= 15 is 0 Å². The number of para-hydroxylation sites is 1. The molecule has 0 bridgehead atoms. The highest BCUT2D eigenvalue weighted by molar-refractivity contribution is 6.42. The Balaban J connectivity index is 1.89. The maximum Gasteiger partial charge on any atom is 0.418 e. The summed E-state index contributed by atoms with van der Waals surface area (Å²) in [7, 11) is 3.94. The number of aliphatic imine (C=N–C) groups is 1. The summed E-state index contributed by atoms with van der Waals surface area (Å²) in [5.41, 5.74) is 0.514. The molecule has 0 saturated heterocycles. The topological polar surface area (TPSA) is 39.7 Å². The number of amidine groups is 1. The molecule has 166 valence electrons. The first kappa shape index (κ1) is 23.6. The third-order valence-corrected chi connectivity index (χ3v) is 5.45. The van der Waals surface area contributed by atoms with E-state index in [1.807, 2.05) is 14.1 Å². The third kappa shape index (κ3) is 6.23. The van der Waals surface area contributed by atoms with Gasteiger partial charge in [-0.25, -0.2) is 4.99 Å². The zero-order chi connectivity index (χ0) is 22.6. The van der Waals surface area contributed by atoms with Crippen molar-refractivity contribution in [3.63, 3.8) is 0 Å². The van der Waals surface area contributed by atoms with Gasteiger partial charge in [-0.3, -0.25) is 5.32 Å². The number of hydrogen-bond acceptors (Lipinski definition) is 4. The standard InChI is InChI=1S/C22H23Cl2F3N4/c1-31(2)12-4-11-28-21-15-5-3-6-16(22(25,26)27)20(15)29-19(30-21)10-8-14-7-9-17(23)18(24)13-14/h3,5-10,13,21,28H,4,11-12H2,1-2H3,(H,29,30)/b10-8+. The number of alkyl halides is 3. The monoisotopic (exact) mass is 470 g/mol. The van der Waals surface area contributed by atoms with Gasteiger partial charge in [-0.2, -0.15) is 13.2 Å². The summed E-state index contributed by atoms with van der Waals surface area (Å²) < 4.78 is 40.8. The summed E-state index contributed by atoms with van der Waals surface area (Å²) >= 11 is 12.0. The molecule has 1 unspecified atom stereocenters. The van der Waals surface area contributed by atoms with Crippen LogP contribution in [0, 0.1) is 0 Å². The van der Waals surface area contributed by atoms with E-state index in [-0.39, 0.29) is 5.69 Å². The van der Waals surface area contributed by atoms with Crippen molar-refractivity contribution in [2.24, 2.45) is 4.99 Å². The quantitative estimate of drug-likeness (QED) is 0.481. The van der Waals surface area contributed by atoms with E-state index < -0.39 is 17.9 Å². The van der Waals surface area contributed by atoms with Gasteiger partial charge in [0.25, 0.3) is 0 Å². The molecule has 0 aromatic heterocycles. The Morgan fingerprint density at radius 2 is 1.90 bits per heavy atom. The number of fused-ring (bicyclic) bond motifs is 1. The fourth-order valence-corrected chi connectivity index (χ4v) is 3.51. The summed E-state index contributed by atoms with van der Waals surface area (Å²) in [5, 5.41) is 6.93. The van der Waals surface area contributed by atoms with E-state index in [1.165, 1.54) is 6.07 Å². The second-order valence-corrected chi connectivity index (χ2v) is 8.24. The Kier molecular flexibility index (Phi) is 7.64. The highest BCUT2D eigenvalue weighted by Gasteiger charge is 2.36. The minimum atomic E-state index is -4.48. The van der Waals surface area contributed by atoms with Crippen molar-refractivity contribution in [1.82, 2.24) is 10.2 Å². The van der Waals surface area contributed by atoms with Gasteiger partial charge in [0.2, 0.25) is 0 Å². The van der Waals surface area contributed by atoms with Crippen molar-refractivity contribution >= 4 is 40.8 Å². The van der Waals surface area contributed by atoms with E-state index in [4.69, 9.17) is 23.2 Å². The second kappa shape index (κ2) is 10.0. The van der Waals surface area contributed by atoms with Crippen LogP contribution in [0.25, 0.3) is 6.08 Å². The third-order valence-electron chi connectivity index (χ3n) is 4.72. The molecular weight excluding hydrogens is 448 g/mol. The summed E-state index contributed by atoms with van der Waals surface area (Å²) in [6, 6.07) is 9.23. The maximum absolute atomic E-state index is 13.6. The molecule has 0 aliphatic carbocycles. The molecule has 4 nitrogen and oxygen atoms in total. The Labute approximate surface area is 189 Å². The van der Waals surface area contributed by atoms with Crippen molar-refractivity contribution in [3.05, 3.63) is 69.2 Å². The SMILES string of the molecule is CN(C)CCCNC1N=C(/C=C/c2ccc(Cl)c(Cl)c2)Nc2c1cccc2C(F)(F)F. The number of halogens is 5. The van der Waals surface area contributed by atoms with Gasteiger partial charge < -0.3 is 10.2 Å². The second-order valence-electron chi connectivity index (χ2n) is 7.43. The predicted molar refractivity (Wildman–Crippen MR) is 122 cm³/mol. The predicted octanol–water partition coefficient (Wildman–Crippen LogP) is 6.09. The molecule has 2 aromatic rings. The number of rotatable bonds is 7. The Morgan fingerprint density at radius 3 is 2.58 bits per heavy atom. The van der Waals surface area contributed by atoms with Crippen LogP contribution < -0.4 is 10.6 Å². The summed E-state index contributed by atoms with van der Waals surface area (Å²) in [6.07, 6.45) is -0.879. The first-order chi connectivity index (χ1) is 14.6. The summed E-state index contributed by atoms with van der Waals surface area (Å²) in [5.74, 6) is 0.320. The molecule has 1 aliphatic rings. The molecule has 1 atom stereocenters. The molecule has 0 spiro atoms. The lowest BCUT2D eigenvalue weighted by Gasteiger charge is -2.27. The van der Waals surface area contributed by atoms with Gasteiger partial charge in [-0.1, -0.05) is 47.5 Å². The van der Waals surface area contributed by atoms with Crippen LogP contribution in [0.4, 0.5) is 18.9 Å². The number of anilines is 1. The molecule has 0 saturated carbocycles. The fraction of sp³-hybridized carbons (Fsp3) is 0.318. The lowest BCUT2D eigenvalue weighted by Crippen LogP contribution is -2.31. The van der Waals surface area contributed by atoms with Gasteiger partial charge in [-0.15, -0.1) is 0 Å². The van der Waals surface area contributed by atoms with Crippen LogP contribution in [-0.4, -0.2) is 37.9 Å². The van der Waals surface area contributed by atoms with Gasteiger partial charge in [0.15, 0.2) is 0 Å². The lowest BCUT2D eigenvalue weighted by molar-refractivity contribution is -0.137. The minimum absolute atomic E-state index is 0.0175. The number of hydrogen-bond donors (Lipinski definition) is 2. The van der Waals surface area contributed by atoms with Crippen LogP contribution in [0.2, 0.25) is 10.0 Å². The van der Waals surface area contributed by atoms with E-state index in [1.54, 1.807) is 36.4 Å². The van der Waals surface area contributed by atoms with Crippen molar-refractivity contribution in [2.45, 2.75) is 18.8 Å². The van der Waals surface area contributed by atoms with Gasteiger partial charge in [0, 0.05) is 5.56 Å². The molecule has 31 heavy (non-hydrogen) atoms. The zero-order valence-corrected chi connectivity index (χ0v) is 18.6. The van der Waals surface area contributed by atoms with Crippen LogP contribution >= 0.6 is 23.2 Å². The average molecular weight is 471 g/mol. The van der Waals surface area contributed by atoms with Crippen molar-refractivity contribution in [3.8, 4) is 0 Å². The first-order valence-corrected chi connectivity index (χ1v) is 10.5. The molecule has 1 heterocycles. The van der Waals surface area contributed by atoms with Crippen molar-refractivity contribution in [1.29, 1.82) is 0 Å². The molecule has 0 radical (unpaired) electrons. The van der Waals surface area contributed by atoms with E-state index in [0.29, 0.717) is 28.0 Å². The van der Waals surface area contributed by atoms with Crippen LogP contribution in [0.3, 0.4) is 0 Å². The van der Waals surface area contributed by atoms with Gasteiger partial charge in [0.05, 0.1) is 21.3 Å². The van der Waals surface area contributed by atoms with Crippen LogP contribution in [-0.2, 0) is 6.18 Å². The minimum Gasteiger partial charge on any atom is -0.340 e. The Morgan fingerprint density at radius 1 is 1.13 bits per heavy atom. The normalized spacial score (nSPS) is 16.4. The summed E-state index contributed by atoms with van der Waals surface area (Å²) in [6.45, 7) is 1.48. The van der Waals surface area contributed by atoms with Crippen molar-refractivity contribution in [2.75, 3.05) is 32.5 Å². The van der Waals surface area contributed by atoms with Crippen LogP contribution in [0.15, 0.2) is 47.5 Å². The zero-order valence-electron chi connectivity index (χ0n) is 17.1. The molecule has 2 N–H and O–H groups in total. The highest BCUT2D eigenvalue weighted by atomic mass is 35.5. The number of nitrogens with zero attached hydrogens (tertiary/aromatic N) is 2. The molecule has 0 amide bonds. The summed E-state index contributed by atoms with van der Waals surface area (Å²) in [4.78, 5) is 6.64. The van der Waals surface area contributed by atoms with Gasteiger partial charge >= 0.3 is 6.18 Å². The number of benzene rings is 2. The smallest absolute Gasteiger partial charge is 0.340 e. The molecule has 2 aromatic carbocycles. The van der Waals surface area contributed by atoms with Gasteiger partial charge in [0.1, 0.15) is 12.0 Å². The number of nitrogens with one attached hydrogen (secondary N) is 2. The van der Waals surface area contributed by atoms with E-state index in [2.05, 4.69) is 20.5 Å². The average Bonchev–Trinajstić information content (AvgIpc) is 2.70. The maximum atomic E-state index is 13.6. The van der Waals surface area contributed by atoms with E-state index in [0.717, 1.165) is 24.6 Å². The molecular formula is C22H23Cl2F3N4. The van der Waals surface area contributed by atoms with Gasteiger partial charge in [-0.05, 0) is 63.4 Å². The molecule has 9 heteroatoms.